The van der Waals surface area contributed by atoms with Crippen LogP contribution in [0.15, 0.2) is 12.3 Å². The molecule has 0 aliphatic carbocycles. The zero-order valence-corrected chi connectivity index (χ0v) is 10.2. The van der Waals surface area contributed by atoms with Crippen molar-refractivity contribution < 1.29 is 0 Å². The van der Waals surface area contributed by atoms with E-state index in [-0.39, 0.29) is 0 Å². The summed E-state index contributed by atoms with van der Waals surface area (Å²) in [7, 11) is 0. The fraction of sp³-hybridized carbons (Fsp3) is 0.750. The summed E-state index contributed by atoms with van der Waals surface area (Å²) in [4.78, 5) is 2.49. The molecule has 0 saturated carbocycles. The van der Waals surface area contributed by atoms with E-state index in [0.29, 0.717) is 0 Å². The third kappa shape index (κ3) is 4.04. The van der Waals surface area contributed by atoms with E-state index in [1.807, 2.05) is 20.0 Å². The van der Waals surface area contributed by atoms with Gasteiger partial charge in [0.05, 0.1) is 0 Å². The molecule has 0 spiro atoms. The minimum Gasteiger partial charge on any atom is -0.298 e. The zero-order chi connectivity index (χ0) is 11.1. The van der Waals surface area contributed by atoms with Gasteiger partial charge in [-0.25, -0.2) is 0 Å². The van der Waals surface area contributed by atoms with Gasteiger partial charge < -0.3 is 0 Å². The summed E-state index contributed by atoms with van der Waals surface area (Å²) >= 11 is 0. The number of nitrogens with zero attached hydrogens (tertiary/aromatic N) is 2. The highest BCUT2D eigenvalue weighted by Gasteiger charge is 2.15. The molecule has 1 aliphatic heterocycles. The molecular weight excluding hydrogens is 186 g/mol. The van der Waals surface area contributed by atoms with Crippen LogP contribution in [0.2, 0.25) is 0 Å². The minimum absolute atomic E-state index is 0.915. The van der Waals surface area contributed by atoms with Crippen LogP contribution in [0.1, 0.15) is 39.3 Å². The number of aromatic nitrogens is 2. The first-order valence-corrected chi connectivity index (χ1v) is 6.05. The Balaban J connectivity index is 0.000000531. The maximum Gasteiger partial charge on any atom is 0.0492 e. The molecule has 3 nitrogen and oxygen atoms in total. The van der Waals surface area contributed by atoms with Crippen LogP contribution < -0.4 is 0 Å². The molecule has 1 aliphatic rings. The average Bonchev–Trinajstić information content (AvgIpc) is 2.77. The van der Waals surface area contributed by atoms with E-state index in [9.17, 15) is 0 Å². The third-order valence-electron chi connectivity index (χ3n) is 2.83. The Hall–Kier alpha value is -0.830. The second-order valence-electron chi connectivity index (χ2n) is 4.04. The molecule has 1 aromatic rings. The van der Waals surface area contributed by atoms with Crippen molar-refractivity contribution in [1.82, 2.24) is 15.1 Å². The molecule has 0 aromatic carbocycles. The van der Waals surface area contributed by atoms with Crippen molar-refractivity contribution in [2.45, 2.75) is 40.2 Å². The molecule has 0 unspecified atom stereocenters. The van der Waals surface area contributed by atoms with Crippen LogP contribution in [0, 0.1) is 5.92 Å². The summed E-state index contributed by atoms with van der Waals surface area (Å²) in [6.07, 6.45) is 4.50. The van der Waals surface area contributed by atoms with Gasteiger partial charge in [-0.2, -0.15) is 5.10 Å². The fourth-order valence-corrected chi connectivity index (χ4v) is 1.83. The topological polar surface area (TPSA) is 31.9 Å². The van der Waals surface area contributed by atoms with Gasteiger partial charge in [0, 0.05) is 18.4 Å². The van der Waals surface area contributed by atoms with E-state index in [0.717, 1.165) is 12.5 Å². The number of nitrogens with one attached hydrogen (secondary N) is 1. The van der Waals surface area contributed by atoms with Crippen molar-refractivity contribution in [3.8, 4) is 0 Å². The monoisotopic (exact) mass is 209 g/mol. The molecule has 15 heavy (non-hydrogen) atoms. The average molecular weight is 209 g/mol. The van der Waals surface area contributed by atoms with Gasteiger partial charge in [0.15, 0.2) is 0 Å². The van der Waals surface area contributed by atoms with Crippen LogP contribution in [0.3, 0.4) is 0 Å². The molecule has 2 rings (SSSR count). The Bertz CT molecular complexity index is 235. The number of piperidine rings is 1. The molecule has 0 atom stereocenters. The van der Waals surface area contributed by atoms with Crippen LogP contribution in [-0.4, -0.2) is 28.2 Å². The third-order valence-corrected chi connectivity index (χ3v) is 2.83. The summed E-state index contributed by atoms with van der Waals surface area (Å²) in [6, 6.07) is 2.05. The van der Waals surface area contributed by atoms with Gasteiger partial charge in [-0.3, -0.25) is 10.00 Å². The lowest BCUT2D eigenvalue weighted by Gasteiger charge is -2.29. The van der Waals surface area contributed by atoms with E-state index in [2.05, 4.69) is 28.1 Å². The first-order valence-electron chi connectivity index (χ1n) is 6.05. The number of aromatic amines is 1. The molecule has 1 N–H and O–H groups in total. The number of hydrogen-bond acceptors (Lipinski definition) is 2. The molecule has 3 heteroatoms. The molecule has 0 bridgehead atoms. The van der Waals surface area contributed by atoms with Gasteiger partial charge in [-0.1, -0.05) is 20.8 Å². The Kier molecular flexibility index (Phi) is 5.40. The number of hydrogen-bond donors (Lipinski definition) is 1. The molecule has 1 saturated heterocycles. The lowest BCUT2D eigenvalue weighted by molar-refractivity contribution is 0.183. The maximum atomic E-state index is 3.95. The van der Waals surface area contributed by atoms with E-state index in [1.165, 1.54) is 31.6 Å². The largest absolute Gasteiger partial charge is 0.298 e. The first kappa shape index (κ1) is 12.2. The Labute approximate surface area is 92.9 Å². The van der Waals surface area contributed by atoms with Crippen molar-refractivity contribution in [1.29, 1.82) is 0 Å². The Morgan fingerprint density at radius 2 is 2.07 bits per heavy atom. The lowest BCUT2D eigenvalue weighted by atomic mass is 9.99. The van der Waals surface area contributed by atoms with Gasteiger partial charge in [0.1, 0.15) is 0 Å². The van der Waals surface area contributed by atoms with Gasteiger partial charge in [-0.05, 0) is 37.9 Å². The molecule has 0 amide bonds. The molecule has 1 fully saturated rings. The van der Waals surface area contributed by atoms with Crippen LogP contribution in [0.5, 0.6) is 0 Å². The summed E-state index contributed by atoms with van der Waals surface area (Å²) in [5.74, 6) is 0.915. The SMILES string of the molecule is CC.CC1CCN(Cc2ccn[nH]2)CC1. The predicted octanol–water partition coefficient (Wildman–Crippen LogP) is 2.67. The smallest absolute Gasteiger partial charge is 0.0492 e. The molecular formula is C12H23N3. The number of rotatable bonds is 2. The van der Waals surface area contributed by atoms with Crippen LogP contribution in [0.25, 0.3) is 0 Å². The highest BCUT2D eigenvalue weighted by Crippen LogP contribution is 2.17. The predicted molar refractivity (Wildman–Crippen MR) is 63.6 cm³/mol. The molecule has 86 valence electrons. The summed E-state index contributed by atoms with van der Waals surface area (Å²) in [5.41, 5.74) is 1.23. The van der Waals surface area contributed by atoms with E-state index >= 15 is 0 Å². The van der Waals surface area contributed by atoms with Gasteiger partial charge in [0.25, 0.3) is 0 Å². The highest BCUT2D eigenvalue weighted by molar-refractivity contribution is 4.97. The van der Waals surface area contributed by atoms with E-state index in [4.69, 9.17) is 0 Å². The molecule has 1 aromatic heterocycles. The van der Waals surface area contributed by atoms with Gasteiger partial charge >= 0.3 is 0 Å². The van der Waals surface area contributed by atoms with Crippen molar-refractivity contribution in [3.63, 3.8) is 0 Å². The standard InChI is InChI=1S/C10H17N3.C2H6/c1-9-3-6-13(7-4-9)8-10-2-5-11-12-10;1-2/h2,5,9H,3-4,6-8H2,1H3,(H,11,12);1-2H3. The highest BCUT2D eigenvalue weighted by atomic mass is 15.2. The molecule has 0 radical (unpaired) electrons. The molecule has 2 heterocycles. The lowest BCUT2D eigenvalue weighted by Crippen LogP contribution is -2.32. The van der Waals surface area contributed by atoms with E-state index in [1.54, 1.807) is 0 Å². The van der Waals surface area contributed by atoms with Gasteiger partial charge in [-0.15, -0.1) is 0 Å². The van der Waals surface area contributed by atoms with Crippen molar-refractivity contribution in [3.05, 3.63) is 18.0 Å². The van der Waals surface area contributed by atoms with Crippen LogP contribution >= 0.6 is 0 Å². The van der Waals surface area contributed by atoms with Crippen LogP contribution in [-0.2, 0) is 6.54 Å². The number of likely N-dealkylation sites (tertiary alicyclic amines) is 1. The van der Waals surface area contributed by atoms with Crippen molar-refractivity contribution >= 4 is 0 Å². The summed E-state index contributed by atoms with van der Waals surface area (Å²) in [5, 5.41) is 6.95. The Morgan fingerprint density at radius 3 is 2.60 bits per heavy atom. The van der Waals surface area contributed by atoms with E-state index < -0.39 is 0 Å². The second kappa shape index (κ2) is 6.62. The summed E-state index contributed by atoms with van der Waals surface area (Å²) < 4.78 is 0. The van der Waals surface area contributed by atoms with Crippen molar-refractivity contribution in [2.24, 2.45) is 5.92 Å². The van der Waals surface area contributed by atoms with Crippen LogP contribution in [0.4, 0.5) is 0 Å². The number of H-pyrrole nitrogens is 1. The fourth-order valence-electron chi connectivity index (χ4n) is 1.83. The maximum absolute atomic E-state index is 3.95. The normalized spacial score (nSPS) is 18.3. The minimum atomic E-state index is 0.915. The second-order valence-corrected chi connectivity index (χ2v) is 4.04. The van der Waals surface area contributed by atoms with Gasteiger partial charge in [0.2, 0.25) is 0 Å². The first-order chi connectivity index (χ1) is 7.34. The summed E-state index contributed by atoms with van der Waals surface area (Å²) in [6.45, 7) is 9.85. The quantitative estimate of drug-likeness (QED) is 0.812. The van der Waals surface area contributed by atoms with Crippen molar-refractivity contribution in [2.75, 3.05) is 13.1 Å². The Morgan fingerprint density at radius 1 is 1.40 bits per heavy atom. The zero-order valence-electron chi connectivity index (χ0n) is 10.2.